The molecular weight excluding hydrogens is 508 g/mol. The van der Waals surface area contributed by atoms with Gasteiger partial charge in [-0.05, 0) is 54.7 Å². The number of nitrogens with zero attached hydrogens (tertiary/aromatic N) is 3. The molecule has 1 N–H and O–H groups in total. The minimum absolute atomic E-state index is 0.225. The number of hydrogen-bond donors (Lipinski definition) is 1. The average Bonchev–Trinajstić information content (AvgIpc) is 3.48. The Morgan fingerprint density at radius 2 is 1.76 bits per heavy atom. The number of carbonyl (C=O) groups excluding carboxylic acids is 2. The van der Waals surface area contributed by atoms with Crippen LogP contribution >= 0.6 is 11.3 Å². The van der Waals surface area contributed by atoms with Crippen molar-refractivity contribution in [2.75, 3.05) is 18.1 Å². The standard InChI is InChI=1S/C27H26N4O4S2/c1-17-6-4-7-18(2)24(17)20-9-5-8-19(14-20)22-16-36-27(28-22)29-25(32)23-11-13-31(23)26(33)21-10-12-30(15-21)37(3,34)35/h4-10,12,14-16,23H,11,13H2,1-3H3,(H,28,29,32)/t23-/m0/s1. The van der Waals surface area contributed by atoms with E-state index < -0.39 is 16.1 Å². The molecule has 1 aliphatic rings. The summed E-state index contributed by atoms with van der Waals surface area (Å²) in [6.07, 6.45) is 4.18. The SMILES string of the molecule is Cc1cccc(C)c1-c1cccc(-c2csc(NC(=O)[C@@H]3CCN3C(=O)c3ccn(S(C)(=O)=O)c3)n2)c1. The molecule has 3 heterocycles. The third-order valence-electron chi connectivity index (χ3n) is 6.54. The maximum absolute atomic E-state index is 12.9. The lowest BCUT2D eigenvalue weighted by Crippen LogP contribution is -2.56. The van der Waals surface area contributed by atoms with Gasteiger partial charge in [-0.1, -0.05) is 36.4 Å². The molecule has 1 aliphatic heterocycles. The van der Waals surface area contributed by atoms with Crippen molar-refractivity contribution in [1.29, 1.82) is 0 Å². The average molecular weight is 535 g/mol. The molecule has 2 aromatic heterocycles. The number of thiazole rings is 1. The predicted octanol–water partition coefficient (Wildman–Crippen LogP) is 4.56. The number of likely N-dealkylation sites (tertiary alicyclic amines) is 1. The van der Waals surface area contributed by atoms with Crippen molar-refractivity contribution < 1.29 is 18.0 Å². The molecule has 37 heavy (non-hydrogen) atoms. The highest BCUT2D eigenvalue weighted by molar-refractivity contribution is 7.89. The Bertz CT molecular complexity index is 1600. The second-order valence-electron chi connectivity index (χ2n) is 9.17. The molecule has 0 aliphatic carbocycles. The van der Waals surface area contributed by atoms with Crippen molar-refractivity contribution in [3.8, 4) is 22.4 Å². The van der Waals surface area contributed by atoms with E-state index >= 15 is 0 Å². The second kappa shape index (κ2) is 9.60. The molecule has 1 atom stereocenters. The molecule has 4 aromatic rings. The van der Waals surface area contributed by atoms with E-state index in [9.17, 15) is 18.0 Å². The molecule has 2 amide bonds. The molecule has 190 valence electrons. The molecule has 0 bridgehead atoms. The topological polar surface area (TPSA) is 101 Å². The van der Waals surface area contributed by atoms with Crippen molar-refractivity contribution in [3.05, 3.63) is 83.0 Å². The Morgan fingerprint density at radius 3 is 2.41 bits per heavy atom. The predicted molar refractivity (Wildman–Crippen MR) is 145 cm³/mol. The van der Waals surface area contributed by atoms with Crippen LogP contribution in [0, 0.1) is 13.8 Å². The van der Waals surface area contributed by atoms with Crippen LogP contribution < -0.4 is 5.32 Å². The normalized spacial score (nSPS) is 15.3. The molecule has 5 rings (SSSR count). The third kappa shape index (κ3) is 4.94. The van der Waals surface area contributed by atoms with Gasteiger partial charge in [-0.3, -0.25) is 13.6 Å². The van der Waals surface area contributed by atoms with Crippen LogP contribution in [0.15, 0.2) is 66.3 Å². The van der Waals surface area contributed by atoms with E-state index in [4.69, 9.17) is 0 Å². The fraction of sp³-hybridized carbons (Fsp3) is 0.222. The van der Waals surface area contributed by atoms with Gasteiger partial charge in [0.1, 0.15) is 6.04 Å². The highest BCUT2D eigenvalue weighted by Crippen LogP contribution is 2.32. The largest absolute Gasteiger partial charge is 0.326 e. The van der Waals surface area contributed by atoms with Gasteiger partial charge >= 0.3 is 0 Å². The van der Waals surface area contributed by atoms with Gasteiger partial charge in [0, 0.05) is 29.9 Å². The maximum Gasteiger partial charge on any atom is 0.256 e. The van der Waals surface area contributed by atoms with Crippen molar-refractivity contribution in [3.63, 3.8) is 0 Å². The number of aryl methyl sites for hydroxylation is 2. The first-order chi connectivity index (χ1) is 17.6. The zero-order chi connectivity index (χ0) is 26.3. The van der Waals surface area contributed by atoms with Crippen LogP contribution in [0.1, 0.15) is 27.9 Å². The Kier molecular flexibility index (Phi) is 6.47. The molecular formula is C27H26N4O4S2. The van der Waals surface area contributed by atoms with Crippen LogP contribution in [0.3, 0.4) is 0 Å². The molecule has 0 spiro atoms. The first kappa shape index (κ1) is 24.9. The van der Waals surface area contributed by atoms with Crippen molar-refractivity contribution >= 4 is 38.3 Å². The summed E-state index contributed by atoms with van der Waals surface area (Å²) in [5, 5.41) is 5.20. The number of hydrogen-bond acceptors (Lipinski definition) is 6. The van der Waals surface area contributed by atoms with E-state index in [2.05, 4.69) is 54.5 Å². The monoisotopic (exact) mass is 534 g/mol. The smallest absolute Gasteiger partial charge is 0.256 e. The van der Waals surface area contributed by atoms with Gasteiger partial charge in [0.15, 0.2) is 5.13 Å². The molecule has 1 saturated heterocycles. The van der Waals surface area contributed by atoms with E-state index in [0.29, 0.717) is 18.1 Å². The van der Waals surface area contributed by atoms with Gasteiger partial charge in [-0.25, -0.2) is 13.4 Å². The second-order valence-corrected chi connectivity index (χ2v) is 11.9. The quantitative estimate of drug-likeness (QED) is 0.391. The molecule has 10 heteroatoms. The summed E-state index contributed by atoms with van der Waals surface area (Å²) in [6.45, 7) is 4.62. The van der Waals surface area contributed by atoms with E-state index in [1.54, 1.807) is 0 Å². The number of carbonyl (C=O) groups is 2. The first-order valence-corrected chi connectivity index (χ1v) is 14.5. The first-order valence-electron chi connectivity index (χ1n) is 11.7. The lowest BCUT2D eigenvalue weighted by Gasteiger charge is -2.39. The van der Waals surface area contributed by atoms with Crippen LogP contribution in [0.4, 0.5) is 5.13 Å². The lowest BCUT2D eigenvalue weighted by atomic mass is 9.94. The van der Waals surface area contributed by atoms with Crippen LogP contribution in [-0.2, 0) is 14.8 Å². The van der Waals surface area contributed by atoms with Crippen LogP contribution in [0.5, 0.6) is 0 Å². The van der Waals surface area contributed by atoms with Crippen LogP contribution in [-0.4, -0.2) is 52.9 Å². The van der Waals surface area contributed by atoms with Gasteiger partial charge in [-0.15, -0.1) is 11.3 Å². The fourth-order valence-corrected chi connectivity index (χ4v) is 5.84. The Hall–Kier alpha value is -3.76. The number of nitrogens with one attached hydrogen (secondary N) is 1. The fourth-order valence-electron chi connectivity index (χ4n) is 4.53. The third-order valence-corrected chi connectivity index (χ3v) is 8.29. The zero-order valence-electron chi connectivity index (χ0n) is 20.6. The summed E-state index contributed by atoms with van der Waals surface area (Å²) in [5.41, 5.74) is 6.66. The van der Waals surface area contributed by atoms with Gasteiger partial charge in [-0.2, -0.15) is 0 Å². The lowest BCUT2D eigenvalue weighted by molar-refractivity contribution is -0.123. The summed E-state index contributed by atoms with van der Waals surface area (Å²) >= 11 is 1.33. The minimum atomic E-state index is -3.48. The number of anilines is 1. The number of benzene rings is 2. The summed E-state index contributed by atoms with van der Waals surface area (Å²) in [5.74, 6) is -0.690. The Balaban J connectivity index is 1.29. The highest BCUT2D eigenvalue weighted by atomic mass is 32.2. The van der Waals surface area contributed by atoms with E-state index in [-0.39, 0.29) is 17.4 Å². The maximum atomic E-state index is 12.9. The number of amides is 2. The number of rotatable bonds is 6. The van der Waals surface area contributed by atoms with Gasteiger partial charge in [0.05, 0.1) is 17.5 Å². The summed E-state index contributed by atoms with van der Waals surface area (Å²) in [7, 11) is -3.48. The van der Waals surface area contributed by atoms with Crippen molar-refractivity contribution in [1.82, 2.24) is 13.9 Å². The van der Waals surface area contributed by atoms with Crippen molar-refractivity contribution in [2.45, 2.75) is 26.3 Å². The van der Waals surface area contributed by atoms with E-state index in [1.807, 2.05) is 17.5 Å². The number of aromatic nitrogens is 2. The van der Waals surface area contributed by atoms with Gasteiger partial charge in [0.2, 0.25) is 15.9 Å². The van der Waals surface area contributed by atoms with Crippen LogP contribution in [0.2, 0.25) is 0 Å². The van der Waals surface area contributed by atoms with E-state index in [0.717, 1.165) is 27.0 Å². The Labute approximate surface area is 219 Å². The van der Waals surface area contributed by atoms with Gasteiger partial charge in [0.25, 0.3) is 5.91 Å². The molecule has 8 nitrogen and oxygen atoms in total. The summed E-state index contributed by atoms with van der Waals surface area (Å²) in [4.78, 5) is 31.8. The highest BCUT2D eigenvalue weighted by Gasteiger charge is 2.38. The summed E-state index contributed by atoms with van der Waals surface area (Å²) < 4.78 is 24.4. The molecule has 1 fully saturated rings. The van der Waals surface area contributed by atoms with E-state index in [1.165, 1.54) is 51.4 Å². The Morgan fingerprint density at radius 1 is 1.05 bits per heavy atom. The molecule has 0 saturated carbocycles. The summed E-state index contributed by atoms with van der Waals surface area (Å²) in [6, 6.07) is 15.2. The minimum Gasteiger partial charge on any atom is -0.326 e. The zero-order valence-corrected chi connectivity index (χ0v) is 22.3. The molecule has 0 radical (unpaired) electrons. The van der Waals surface area contributed by atoms with Crippen molar-refractivity contribution in [2.24, 2.45) is 0 Å². The molecule has 2 aromatic carbocycles. The van der Waals surface area contributed by atoms with Gasteiger partial charge < -0.3 is 10.2 Å². The molecule has 0 unspecified atom stereocenters. The van der Waals surface area contributed by atoms with Crippen LogP contribution in [0.25, 0.3) is 22.4 Å².